The van der Waals surface area contributed by atoms with Crippen molar-refractivity contribution < 1.29 is 23.8 Å². The van der Waals surface area contributed by atoms with Crippen molar-refractivity contribution in [1.29, 1.82) is 0 Å². The summed E-state index contributed by atoms with van der Waals surface area (Å²) in [6.45, 7) is 8.75. The molecule has 3 saturated carbocycles. The Morgan fingerprint density at radius 3 is 2.50 bits per heavy atom. The van der Waals surface area contributed by atoms with Crippen molar-refractivity contribution in [2.45, 2.75) is 65.3 Å². The topological polar surface area (TPSA) is 61.8 Å². The highest BCUT2D eigenvalue weighted by atomic mass is 16.7. The maximum atomic E-state index is 11.9. The van der Waals surface area contributed by atoms with E-state index in [0.29, 0.717) is 5.92 Å². The van der Waals surface area contributed by atoms with E-state index in [2.05, 4.69) is 6.58 Å². The lowest BCUT2D eigenvalue weighted by Crippen LogP contribution is -2.37. The van der Waals surface area contributed by atoms with Gasteiger partial charge in [-0.25, -0.2) is 4.79 Å². The van der Waals surface area contributed by atoms with E-state index in [1.807, 2.05) is 13.8 Å². The van der Waals surface area contributed by atoms with E-state index in [-0.39, 0.29) is 42.9 Å². The van der Waals surface area contributed by atoms with E-state index >= 15 is 0 Å². The highest BCUT2D eigenvalue weighted by Crippen LogP contribution is 2.59. The van der Waals surface area contributed by atoms with Crippen LogP contribution in [0.2, 0.25) is 0 Å². The molecule has 3 aliphatic carbocycles. The number of ether oxygens (including phenoxy) is 3. The quantitative estimate of drug-likeness (QED) is 0.356. The molecule has 0 aliphatic heterocycles. The van der Waals surface area contributed by atoms with Crippen molar-refractivity contribution in [1.82, 2.24) is 0 Å². The standard InChI is InChI=1S/C21H32O5/c1-12(2)20(23)24-10-15(22)11-25-21(13(3)4)26-19-9-14-8-18(19)17-7-5-6-16(14)17/h13-14,16-19,21H,1,5-11H2,2-4H3. The smallest absolute Gasteiger partial charge is 0.333 e. The molecule has 5 nitrogen and oxygen atoms in total. The molecule has 0 aromatic carbocycles. The van der Waals surface area contributed by atoms with E-state index in [0.717, 1.165) is 24.2 Å². The summed E-state index contributed by atoms with van der Waals surface area (Å²) in [4.78, 5) is 23.3. The van der Waals surface area contributed by atoms with Crippen molar-refractivity contribution in [2.75, 3.05) is 13.2 Å². The molecule has 0 saturated heterocycles. The van der Waals surface area contributed by atoms with Gasteiger partial charge in [-0.15, -0.1) is 0 Å². The Morgan fingerprint density at radius 2 is 1.81 bits per heavy atom. The first-order chi connectivity index (χ1) is 12.4. The summed E-state index contributed by atoms with van der Waals surface area (Å²) in [6, 6.07) is 0. The number of carbonyl (C=O) groups is 2. The number of carbonyl (C=O) groups excluding carboxylic acids is 2. The summed E-state index contributed by atoms with van der Waals surface area (Å²) in [6.07, 6.45) is 6.45. The molecule has 2 bridgehead atoms. The highest BCUT2D eigenvalue weighted by Gasteiger charge is 2.54. The number of esters is 1. The Bertz CT molecular complexity index is 555. The molecular weight excluding hydrogens is 332 g/mol. The van der Waals surface area contributed by atoms with Gasteiger partial charge in [0, 0.05) is 11.5 Å². The van der Waals surface area contributed by atoms with Crippen LogP contribution in [0.1, 0.15) is 52.9 Å². The van der Waals surface area contributed by atoms with Crippen molar-refractivity contribution in [3.63, 3.8) is 0 Å². The van der Waals surface area contributed by atoms with Gasteiger partial charge in [-0.3, -0.25) is 4.79 Å². The lowest BCUT2D eigenvalue weighted by atomic mass is 9.80. The molecule has 0 aromatic rings. The molecule has 5 heteroatoms. The van der Waals surface area contributed by atoms with Crippen LogP contribution < -0.4 is 0 Å². The normalized spacial score (nSPS) is 33.3. The zero-order valence-electron chi connectivity index (χ0n) is 16.2. The largest absolute Gasteiger partial charge is 0.454 e. The van der Waals surface area contributed by atoms with Crippen LogP contribution in [0.15, 0.2) is 12.2 Å². The number of fused-ring (bicyclic) bond motifs is 5. The van der Waals surface area contributed by atoms with Gasteiger partial charge in [0.05, 0.1) is 6.10 Å². The third-order valence-electron chi connectivity index (χ3n) is 6.34. The van der Waals surface area contributed by atoms with Crippen LogP contribution in [0, 0.1) is 29.6 Å². The van der Waals surface area contributed by atoms with Crippen molar-refractivity contribution in [2.24, 2.45) is 29.6 Å². The third-order valence-corrected chi connectivity index (χ3v) is 6.34. The number of ketones is 1. The Hall–Kier alpha value is -1.20. The fraction of sp³-hybridized carbons (Fsp3) is 0.810. The van der Waals surface area contributed by atoms with Gasteiger partial charge < -0.3 is 14.2 Å². The van der Waals surface area contributed by atoms with Crippen molar-refractivity contribution >= 4 is 11.8 Å². The van der Waals surface area contributed by atoms with Crippen LogP contribution >= 0.6 is 0 Å². The Morgan fingerprint density at radius 1 is 1.08 bits per heavy atom. The molecule has 0 N–H and O–H groups in total. The molecule has 0 heterocycles. The second kappa shape index (κ2) is 8.22. The Balaban J connectivity index is 1.45. The van der Waals surface area contributed by atoms with Crippen LogP contribution in [0.5, 0.6) is 0 Å². The molecule has 3 rings (SSSR count). The summed E-state index contributed by atoms with van der Waals surface area (Å²) in [7, 11) is 0. The predicted molar refractivity (Wildman–Crippen MR) is 97.3 cm³/mol. The summed E-state index contributed by atoms with van der Waals surface area (Å²) in [5.41, 5.74) is 0.281. The highest BCUT2D eigenvalue weighted by molar-refractivity contribution is 5.90. The first kappa shape index (κ1) is 19.6. The van der Waals surface area contributed by atoms with Crippen LogP contribution in [0.3, 0.4) is 0 Å². The number of hydrogen-bond acceptors (Lipinski definition) is 5. The Labute approximate surface area is 156 Å². The summed E-state index contributed by atoms with van der Waals surface area (Å²) >= 11 is 0. The average Bonchev–Trinajstić information content (AvgIpc) is 3.28. The summed E-state index contributed by atoms with van der Waals surface area (Å²) in [5, 5.41) is 0. The van der Waals surface area contributed by atoms with Crippen molar-refractivity contribution in [3.05, 3.63) is 12.2 Å². The van der Waals surface area contributed by atoms with E-state index in [9.17, 15) is 9.59 Å². The lowest BCUT2D eigenvalue weighted by molar-refractivity contribution is -0.206. The van der Waals surface area contributed by atoms with Gasteiger partial charge in [0.1, 0.15) is 6.61 Å². The molecule has 26 heavy (non-hydrogen) atoms. The fourth-order valence-electron chi connectivity index (χ4n) is 5.21. The van der Waals surface area contributed by atoms with Gasteiger partial charge in [0.15, 0.2) is 18.7 Å². The van der Waals surface area contributed by atoms with Gasteiger partial charge in [-0.1, -0.05) is 26.8 Å². The van der Waals surface area contributed by atoms with Crippen LogP contribution in [0.25, 0.3) is 0 Å². The van der Waals surface area contributed by atoms with Gasteiger partial charge >= 0.3 is 5.97 Å². The molecule has 6 unspecified atom stereocenters. The second-order valence-corrected chi connectivity index (χ2v) is 8.65. The molecule has 3 fully saturated rings. The molecule has 0 spiro atoms. The molecule has 146 valence electrons. The van der Waals surface area contributed by atoms with Crippen LogP contribution in [-0.2, 0) is 23.8 Å². The monoisotopic (exact) mass is 364 g/mol. The van der Waals surface area contributed by atoms with Crippen LogP contribution in [-0.4, -0.2) is 37.4 Å². The molecule has 0 radical (unpaired) electrons. The fourth-order valence-corrected chi connectivity index (χ4v) is 5.21. The first-order valence-corrected chi connectivity index (χ1v) is 9.98. The summed E-state index contributed by atoms with van der Waals surface area (Å²) in [5.74, 6) is 2.62. The molecule has 3 aliphatic rings. The van der Waals surface area contributed by atoms with E-state index in [1.54, 1.807) is 6.92 Å². The van der Waals surface area contributed by atoms with Gasteiger partial charge in [-0.2, -0.15) is 0 Å². The molecule has 6 atom stereocenters. The van der Waals surface area contributed by atoms with E-state index in [1.165, 1.54) is 25.7 Å². The third kappa shape index (κ3) is 4.20. The van der Waals surface area contributed by atoms with Crippen LogP contribution in [0.4, 0.5) is 0 Å². The predicted octanol–water partition coefficient (Wildman–Crippen LogP) is 3.51. The molecule has 0 aromatic heterocycles. The maximum Gasteiger partial charge on any atom is 0.333 e. The maximum absolute atomic E-state index is 11.9. The number of rotatable bonds is 9. The molecule has 0 amide bonds. The van der Waals surface area contributed by atoms with Crippen molar-refractivity contribution in [3.8, 4) is 0 Å². The minimum absolute atomic E-state index is 0.0980. The zero-order chi connectivity index (χ0) is 18.8. The molecular formula is C21H32O5. The lowest BCUT2D eigenvalue weighted by Gasteiger charge is -2.34. The minimum atomic E-state index is -0.553. The Kier molecular flexibility index (Phi) is 6.18. The van der Waals surface area contributed by atoms with Gasteiger partial charge in [0.25, 0.3) is 0 Å². The first-order valence-electron chi connectivity index (χ1n) is 9.98. The van der Waals surface area contributed by atoms with Gasteiger partial charge in [0.2, 0.25) is 0 Å². The summed E-state index contributed by atoms with van der Waals surface area (Å²) < 4.78 is 17.0. The minimum Gasteiger partial charge on any atom is -0.454 e. The van der Waals surface area contributed by atoms with Gasteiger partial charge in [-0.05, 0) is 56.3 Å². The number of Topliss-reactive ketones (excluding diaryl/α,β-unsaturated/α-hetero) is 1. The number of hydrogen-bond donors (Lipinski definition) is 0. The SMILES string of the molecule is C=C(C)C(=O)OCC(=O)COC(OC1CC2CC1C1CCCC21)C(C)C. The average molecular weight is 364 g/mol. The van der Waals surface area contributed by atoms with E-state index < -0.39 is 5.97 Å². The van der Waals surface area contributed by atoms with E-state index in [4.69, 9.17) is 14.2 Å². The second-order valence-electron chi connectivity index (χ2n) is 8.65. The zero-order valence-corrected chi connectivity index (χ0v) is 16.2.